The van der Waals surface area contributed by atoms with Crippen LogP contribution in [0.2, 0.25) is 0 Å². The van der Waals surface area contributed by atoms with Crippen LogP contribution in [-0.2, 0) is 16.1 Å². The predicted molar refractivity (Wildman–Crippen MR) is 87.7 cm³/mol. The SMILES string of the molecule is O=C1C=CCC[C@@]12C[C@@H]1CC[C@@]2(OCc2ccccc2)C[C@@H]1O. The largest absolute Gasteiger partial charge is 0.393 e. The summed E-state index contributed by atoms with van der Waals surface area (Å²) < 4.78 is 6.46. The van der Waals surface area contributed by atoms with Crippen LogP contribution < -0.4 is 0 Å². The second-order valence-electron chi connectivity index (χ2n) is 7.43. The third-order valence-corrected chi connectivity index (χ3v) is 6.32. The maximum Gasteiger partial charge on any atom is 0.164 e. The van der Waals surface area contributed by atoms with Gasteiger partial charge in [0.15, 0.2) is 5.78 Å². The monoisotopic (exact) mass is 312 g/mol. The molecule has 5 rings (SSSR count). The quantitative estimate of drug-likeness (QED) is 0.930. The minimum atomic E-state index is -0.501. The maximum absolute atomic E-state index is 12.8. The number of carbonyl (C=O) groups excluding carboxylic acids is 1. The number of hydrogen-bond donors (Lipinski definition) is 1. The molecular weight excluding hydrogens is 288 g/mol. The molecule has 2 bridgehead atoms. The van der Waals surface area contributed by atoms with Crippen molar-refractivity contribution in [3.05, 3.63) is 48.0 Å². The molecule has 122 valence electrons. The van der Waals surface area contributed by atoms with Gasteiger partial charge in [0.1, 0.15) is 0 Å². The second kappa shape index (κ2) is 5.57. The van der Waals surface area contributed by atoms with Crippen LogP contribution in [0.4, 0.5) is 0 Å². The summed E-state index contributed by atoms with van der Waals surface area (Å²) in [7, 11) is 0. The van der Waals surface area contributed by atoms with E-state index in [1.165, 1.54) is 0 Å². The molecule has 1 spiro atoms. The molecule has 0 saturated heterocycles. The van der Waals surface area contributed by atoms with Crippen molar-refractivity contribution >= 4 is 5.78 Å². The van der Waals surface area contributed by atoms with Crippen molar-refractivity contribution in [2.75, 3.05) is 0 Å². The summed E-state index contributed by atoms with van der Waals surface area (Å²) in [5, 5.41) is 10.5. The van der Waals surface area contributed by atoms with E-state index in [0.29, 0.717) is 13.0 Å². The molecule has 0 radical (unpaired) electrons. The standard InChI is InChI=1S/C20H24O3/c21-17-13-20(23-14-15-6-2-1-3-7-15)11-9-16(17)12-19(20)10-5-4-8-18(19)22/h1-4,6-8,16-17,21H,5,9-14H2/t16-,17-,19+,20+/m0/s1. The van der Waals surface area contributed by atoms with Crippen molar-refractivity contribution in [3.63, 3.8) is 0 Å². The first kappa shape index (κ1) is 15.1. The van der Waals surface area contributed by atoms with Gasteiger partial charge in [-0.2, -0.15) is 0 Å². The van der Waals surface area contributed by atoms with Gasteiger partial charge in [0.2, 0.25) is 0 Å². The van der Waals surface area contributed by atoms with Crippen molar-refractivity contribution in [2.45, 2.75) is 56.8 Å². The summed E-state index contributed by atoms with van der Waals surface area (Å²) in [6.45, 7) is 0.511. The summed E-state index contributed by atoms with van der Waals surface area (Å²) in [6.07, 6.45) is 8.45. The number of benzene rings is 1. The van der Waals surface area contributed by atoms with E-state index < -0.39 is 11.0 Å². The van der Waals surface area contributed by atoms with Gasteiger partial charge in [-0.25, -0.2) is 0 Å². The fourth-order valence-corrected chi connectivity index (χ4v) is 5.05. The molecule has 0 aromatic heterocycles. The Labute approximate surface area is 137 Å². The Morgan fingerprint density at radius 1 is 1.17 bits per heavy atom. The predicted octanol–water partition coefficient (Wildman–Crippen LogP) is 3.41. The van der Waals surface area contributed by atoms with Crippen molar-refractivity contribution in [3.8, 4) is 0 Å². The molecule has 4 atom stereocenters. The van der Waals surface area contributed by atoms with E-state index in [-0.39, 0.29) is 17.8 Å². The lowest BCUT2D eigenvalue weighted by atomic mass is 9.48. The van der Waals surface area contributed by atoms with E-state index in [0.717, 1.165) is 37.7 Å². The molecule has 3 saturated carbocycles. The summed E-state index contributed by atoms with van der Waals surface area (Å²) in [5.41, 5.74) is 0.204. The highest BCUT2D eigenvalue weighted by Gasteiger charge is 2.64. The van der Waals surface area contributed by atoms with Crippen LogP contribution >= 0.6 is 0 Å². The number of rotatable bonds is 3. The molecule has 1 aromatic rings. The molecule has 3 nitrogen and oxygen atoms in total. The molecule has 1 aromatic carbocycles. The minimum Gasteiger partial charge on any atom is -0.393 e. The lowest BCUT2D eigenvalue weighted by molar-refractivity contribution is -0.230. The Morgan fingerprint density at radius 3 is 2.74 bits per heavy atom. The van der Waals surface area contributed by atoms with Crippen molar-refractivity contribution < 1.29 is 14.6 Å². The number of aliphatic hydroxyl groups is 1. The molecule has 0 unspecified atom stereocenters. The van der Waals surface area contributed by atoms with Gasteiger partial charge in [0.05, 0.1) is 23.7 Å². The molecule has 0 amide bonds. The van der Waals surface area contributed by atoms with Gasteiger partial charge in [0, 0.05) is 6.42 Å². The molecule has 1 N–H and O–H groups in total. The van der Waals surface area contributed by atoms with E-state index in [4.69, 9.17) is 4.74 Å². The minimum absolute atomic E-state index is 0.216. The third kappa shape index (κ3) is 2.29. The molecule has 0 aliphatic heterocycles. The highest BCUT2D eigenvalue weighted by Crippen LogP contribution is 2.60. The van der Waals surface area contributed by atoms with Gasteiger partial charge in [-0.1, -0.05) is 36.4 Å². The van der Waals surface area contributed by atoms with E-state index in [9.17, 15) is 9.90 Å². The molecule has 23 heavy (non-hydrogen) atoms. The Kier molecular flexibility index (Phi) is 3.66. The first-order chi connectivity index (χ1) is 11.2. The van der Waals surface area contributed by atoms with E-state index in [1.807, 2.05) is 24.3 Å². The summed E-state index contributed by atoms with van der Waals surface area (Å²) >= 11 is 0. The number of allylic oxidation sites excluding steroid dienone is 2. The lowest BCUT2D eigenvalue weighted by Crippen LogP contribution is -2.65. The maximum atomic E-state index is 12.8. The summed E-state index contributed by atoms with van der Waals surface area (Å²) in [4.78, 5) is 12.8. The van der Waals surface area contributed by atoms with Crippen LogP contribution in [0, 0.1) is 11.3 Å². The summed E-state index contributed by atoms with van der Waals surface area (Å²) in [6, 6.07) is 10.1. The zero-order valence-electron chi connectivity index (χ0n) is 13.4. The van der Waals surface area contributed by atoms with E-state index >= 15 is 0 Å². The Bertz CT molecular complexity index is 623. The number of ether oxygens (including phenoxy) is 1. The van der Waals surface area contributed by atoms with Crippen molar-refractivity contribution in [2.24, 2.45) is 11.3 Å². The molecule has 0 heterocycles. The van der Waals surface area contributed by atoms with E-state index in [1.54, 1.807) is 6.08 Å². The van der Waals surface area contributed by atoms with Gasteiger partial charge in [0.25, 0.3) is 0 Å². The van der Waals surface area contributed by atoms with Gasteiger partial charge >= 0.3 is 0 Å². The van der Waals surface area contributed by atoms with Crippen LogP contribution in [0.15, 0.2) is 42.5 Å². The number of carbonyl (C=O) groups is 1. The first-order valence-corrected chi connectivity index (χ1v) is 8.72. The number of hydrogen-bond acceptors (Lipinski definition) is 3. The van der Waals surface area contributed by atoms with E-state index in [2.05, 4.69) is 12.1 Å². The van der Waals surface area contributed by atoms with Gasteiger partial charge < -0.3 is 9.84 Å². The lowest BCUT2D eigenvalue weighted by Gasteiger charge is -2.60. The molecule has 4 aliphatic rings. The molecule has 3 fully saturated rings. The van der Waals surface area contributed by atoms with Crippen LogP contribution in [0.3, 0.4) is 0 Å². The Morgan fingerprint density at radius 2 is 2.00 bits per heavy atom. The highest BCUT2D eigenvalue weighted by atomic mass is 16.5. The van der Waals surface area contributed by atoms with Gasteiger partial charge in [-0.05, 0) is 49.7 Å². The van der Waals surface area contributed by atoms with Crippen LogP contribution in [0.1, 0.15) is 44.1 Å². The zero-order valence-corrected chi connectivity index (χ0v) is 13.4. The second-order valence-corrected chi connectivity index (χ2v) is 7.43. The smallest absolute Gasteiger partial charge is 0.164 e. The normalized spacial score (nSPS) is 39.1. The number of fused-ring (bicyclic) bond motifs is 2. The average molecular weight is 312 g/mol. The Hall–Kier alpha value is -1.45. The van der Waals surface area contributed by atoms with Crippen LogP contribution in [0.5, 0.6) is 0 Å². The highest BCUT2D eigenvalue weighted by molar-refractivity contribution is 5.97. The average Bonchev–Trinajstić information content (AvgIpc) is 2.58. The number of aliphatic hydroxyl groups excluding tert-OH is 1. The number of ketones is 1. The zero-order chi connectivity index (χ0) is 15.9. The molecular formula is C20H24O3. The van der Waals surface area contributed by atoms with Crippen molar-refractivity contribution in [1.82, 2.24) is 0 Å². The summed E-state index contributed by atoms with van der Waals surface area (Å²) in [5.74, 6) is 0.473. The van der Waals surface area contributed by atoms with Gasteiger partial charge in [-0.3, -0.25) is 4.79 Å². The van der Waals surface area contributed by atoms with Crippen molar-refractivity contribution in [1.29, 1.82) is 0 Å². The van der Waals surface area contributed by atoms with Crippen LogP contribution in [-0.4, -0.2) is 22.6 Å². The molecule has 3 heteroatoms. The van der Waals surface area contributed by atoms with Gasteiger partial charge in [-0.15, -0.1) is 0 Å². The van der Waals surface area contributed by atoms with Crippen LogP contribution in [0.25, 0.3) is 0 Å². The molecule has 4 aliphatic carbocycles. The topological polar surface area (TPSA) is 46.5 Å². The third-order valence-electron chi connectivity index (χ3n) is 6.32. The fourth-order valence-electron chi connectivity index (χ4n) is 5.05. The Balaban J connectivity index is 1.66. The first-order valence-electron chi connectivity index (χ1n) is 8.72. The fraction of sp³-hybridized carbons (Fsp3) is 0.550.